The van der Waals surface area contributed by atoms with Gasteiger partial charge in [0.2, 0.25) is 0 Å². The third kappa shape index (κ3) is 6.76. The van der Waals surface area contributed by atoms with Gasteiger partial charge in [0, 0.05) is 23.2 Å². The number of aliphatic hydroxyl groups is 1. The predicted molar refractivity (Wildman–Crippen MR) is 133 cm³/mol. The van der Waals surface area contributed by atoms with Crippen LogP contribution in [0.2, 0.25) is 0 Å². The van der Waals surface area contributed by atoms with Crippen molar-refractivity contribution < 1.29 is 23.0 Å². The Hall–Kier alpha value is -2.52. The van der Waals surface area contributed by atoms with Crippen LogP contribution in [-0.4, -0.2) is 46.8 Å². The van der Waals surface area contributed by atoms with Crippen LogP contribution in [0.1, 0.15) is 36.8 Å². The number of hydrogen-bond donors (Lipinski definition) is 2. The number of rotatable bonds is 6. The third-order valence-electron chi connectivity index (χ3n) is 5.61. The monoisotopic (exact) mass is 493 g/mol. The van der Waals surface area contributed by atoms with Crippen LogP contribution in [0.5, 0.6) is 5.75 Å². The van der Waals surface area contributed by atoms with Gasteiger partial charge < -0.3 is 15.2 Å². The highest BCUT2D eigenvalue weighted by Crippen LogP contribution is 2.33. The van der Waals surface area contributed by atoms with Gasteiger partial charge in [-0.2, -0.15) is 24.9 Å². The summed E-state index contributed by atoms with van der Waals surface area (Å²) < 4.78 is 43.9. The molecule has 0 bridgehead atoms. The summed E-state index contributed by atoms with van der Waals surface area (Å²) in [6, 6.07) is 8.65. The third-order valence-corrected chi connectivity index (χ3v) is 6.22. The number of fused-ring (bicyclic) bond motifs is 1. The molecule has 5 nitrogen and oxygen atoms in total. The second kappa shape index (κ2) is 11.8. The number of alkyl halides is 3. The van der Waals surface area contributed by atoms with E-state index in [-0.39, 0.29) is 6.10 Å². The largest absolute Gasteiger partial charge is 0.496 e. The average Bonchev–Trinajstić information content (AvgIpc) is 3.29. The molecule has 3 aromatic rings. The van der Waals surface area contributed by atoms with Crippen LogP contribution in [0.3, 0.4) is 0 Å². The Morgan fingerprint density at radius 3 is 2.32 bits per heavy atom. The van der Waals surface area contributed by atoms with Crippen LogP contribution in [-0.2, 0) is 6.18 Å². The van der Waals surface area contributed by atoms with E-state index in [2.05, 4.69) is 15.3 Å². The first kappa shape index (κ1) is 26.1. The molecule has 1 aromatic heterocycles. The number of nitrogens with one attached hydrogen (secondary N) is 1. The number of aryl methyl sites for hydroxylation is 1. The molecule has 1 aliphatic carbocycles. The van der Waals surface area contributed by atoms with Gasteiger partial charge in [0.05, 0.1) is 24.3 Å². The zero-order valence-corrected chi connectivity index (χ0v) is 20.4. The van der Waals surface area contributed by atoms with Gasteiger partial charge in [-0.15, -0.1) is 0 Å². The number of benzene rings is 2. The van der Waals surface area contributed by atoms with E-state index >= 15 is 0 Å². The Bertz CT molecular complexity index is 1090. The summed E-state index contributed by atoms with van der Waals surface area (Å²) in [4.78, 5) is 9.14. The van der Waals surface area contributed by atoms with E-state index in [1.165, 1.54) is 25.0 Å². The van der Waals surface area contributed by atoms with Crippen molar-refractivity contribution in [1.82, 2.24) is 9.97 Å². The van der Waals surface area contributed by atoms with E-state index in [4.69, 9.17) is 9.84 Å². The zero-order valence-electron chi connectivity index (χ0n) is 19.6. The smallest absolute Gasteiger partial charge is 0.416 e. The molecular formula is C25H30F3N3O2S. The Kier molecular flexibility index (Phi) is 9.02. The molecular weight excluding hydrogens is 463 g/mol. The van der Waals surface area contributed by atoms with Gasteiger partial charge in [0.1, 0.15) is 11.6 Å². The maximum atomic E-state index is 12.8. The van der Waals surface area contributed by atoms with E-state index in [1.54, 1.807) is 18.9 Å². The Morgan fingerprint density at radius 1 is 1.12 bits per heavy atom. The fourth-order valence-electron chi connectivity index (χ4n) is 3.73. The summed E-state index contributed by atoms with van der Waals surface area (Å²) >= 11 is 1.70. The SMILES string of the molecule is COc1cc2c(NCCSC)nc(-c3ccc(C(F)(F)F)cc3)nc2cc1C.OC1CCCC1. The first-order chi connectivity index (χ1) is 16.2. The number of aliphatic hydroxyl groups excluding tert-OH is 1. The van der Waals surface area contributed by atoms with Crippen molar-refractivity contribution in [1.29, 1.82) is 0 Å². The van der Waals surface area contributed by atoms with Crippen LogP contribution in [0.15, 0.2) is 36.4 Å². The van der Waals surface area contributed by atoms with Gasteiger partial charge >= 0.3 is 6.18 Å². The van der Waals surface area contributed by atoms with Crippen molar-refractivity contribution in [2.45, 2.75) is 44.9 Å². The van der Waals surface area contributed by atoms with Crippen molar-refractivity contribution >= 4 is 28.5 Å². The minimum Gasteiger partial charge on any atom is -0.496 e. The van der Waals surface area contributed by atoms with E-state index in [1.807, 2.05) is 25.3 Å². The molecule has 1 aliphatic rings. The molecule has 2 aromatic carbocycles. The van der Waals surface area contributed by atoms with Gasteiger partial charge in [-0.1, -0.05) is 25.0 Å². The highest BCUT2D eigenvalue weighted by atomic mass is 32.2. The van der Waals surface area contributed by atoms with E-state index < -0.39 is 11.7 Å². The lowest BCUT2D eigenvalue weighted by Gasteiger charge is -2.13. The molecule has 0 unspecified atom stereocenters. The molecule has 0 radical (unpaired) electrons. The molecule has 4 rings (SSSR count). The Labute approximate surface area is 202 Å². The first-order valence-electron chi connectivity index (χ1n) is 11.2. The quantitative estimate of drug-likeness (QED) is 0.391. The molecule has 1 heterocycles. The highest BCUT2D eigenvalue weighted by Gasteiger charge is 2.30. The molecule has 0 amide bonds. The summed E-state index contributed by atoms with van der Waals surface area (Å²) in [7, 11) is 1.60. The van der Waals surface area contributed by atoms with Crippen LogP contribution in [0.4, 0.5) is 19.0 Å². The number of thioether (sulfide) groups is 1. The normalized spacial score (nSPS) is 14.1. The molecule has 184 valence electrons. The number of nitrogens with zero attached hydrogens (tertiary/aromatic N) is 2. The summed E-state index contributed by atoms with van der Waals surface area (Å²) in [5.41, 5.74) is 1.45. The zero-order chi connectivity index (χ0) is 24.7. The molecule has 2 N–H and O–H groups in total. The number of hydrogen-bond acceptors (Lipinski definition) is 6. The summed E-state index contributed by atoms with van der Waals surface area (Å²) in [5, 5.41) is 12.8. The predicted octanol–water partition coefficient (Wildman–Crippen LogP) is 6.33. The van der Waals surface area contributed by atoms with Crippen molar-refractivity contribution in [3.8, 4) is 17.1 Å². The van der Waals surface area contributed by atoms with Crippen molar-refractivity contribution in [2.24, 2.45) is 0 Å². The Balaban J connectivity index is 0.000000469. The van der Waals surface area contributed by atoms with Gasteiger partial charge in [0.25, 0.3) is 0 Å². The molecule has 34 heavy (non-hydrogen) atoms. The summed E-state index contributed by atoms with van der Waals surface area (Å²) in [6.07, 6.45) is 2.24. The van der Waals surface area contributed by atoms with Gasteiger partial charge in [-0.25, -0.2) is 9.97 Å². The van der Waals surface area contributed by atoms with Crippen molar-refractivity contribution in [3.05, 3.63) is 47.5 Å². The number of halogens is 3. The number of aromatic nitrogens is 2. The second-order valence-electron chi connectivity index (χ2n) is 8.17. The highest BCUT2D eigenvalue weighted by molar-refractivity contribution is 7.98. The topological polar surface area (TPSA) is 67.3 Å². The standard InChI is InChI=1S/C20H20F3N3OS.C5H10O/c1-12-10-16-15(11-17(12)27-2)19(24-8-9-28-3)26-18(25-16)13-4-6-14(7-5-13)20(21,22)23;6-5-3-1-2-4-5/h4-7,10-11H,8-9H2,1-3H3,(H,24,25,26);5-6H,1-4H2. The minimum atomic E-state index is -4.37. The van der Waals surface area contributed by atoms with Gasteiger partial charge in [-0.3, -0.25) is 0 Å². The molecule has 9 heteroatoms. The van der Waals surface area contributed by atoms with E-state index in [0.29, 0.717) is 29.3 Å². The lowest BCUT2D eigenvalue weighted by Crippen LogP contribution is -2.08. The number of methoxy groups -OCH3 is 1. The molecule has 0 saturated heterocycles. The average molecular weight is 494 g/mol. The van der Waals surface area contributed by atoms with Crippen LogP contribution in [0, 0.1) is 6.92 Å². The Morgan fingerprint density at radius 2 is 1.79 bits per heavy atom. The fourth-order valence-corrected chi connectivity index (χ4v) is 4.03. The van der Waals surface area contributed by atoms with Crippen LogP contribution >= 0.6 is 11.8 Å². The molecule has 0 atom stereocenters. The number of anilines is 1. The molecule has 1 fully saturated rings. The first-order valence-corrected chi connectivity index (χ1v) is 12.6. The van der Waals surface area contributed by atoms with Gasteiger partial charge in [0.15, 0.2) is 5.82 Å². The lowest BCUT2D eigenvalue weighted by molar-refractivity contribution is -0.137. The summed E-state index contributed by atoms with van der Waals surface area (Å²) in [5.74, 6) is 2.63. The van der Waals surface area contributed by atoms with Crippen molar-refractivity contribution in [2.75, 3.05) is 31.0 Å². The molecule has 0 spiro atoms. The second-order valence-corrected chi connectivity index (χ2v) is 9.15. The minimum absolute atomic E-state index is 0.0463. The van der Waals surface area contributed by atoms with Crippen molar-refractivity contribution in [3.63, 3.8) is 0 Å². The number of ether oxygens (including phenoxy) is 1. The lowest BCUT2D eigenvalue weighted by atomic mass is 10.1. The van der Waals surface area contributed by atoms with E-state index in [0.717, 1.165) is 47.4 Å². The molecule has 1 saturated carbocycles. The molecule has 0 aliphatic heterocycles. The maximum Gasteiger partial charge on any atom is 0.416 e. The fraction of sp³-hybridized carbons (Fsp3) is 0.440. The van der Waals surface area contributed by atoms with Gasteiger partial charge in [-0.05, 0) is 55.9 Å². The van der Waals surface area contributed by atoms with E-state index in [9.17, 15) is 13.2 Å². The van der Waals surface area contributed by atoms with Crippen LogP contribution in [0.25, 0.3) is 22.3 Å². The van der Waals surface area contributed by atoms with Crippen LogP contribution < -0.4 is 10.1 Å². The summed E-state index contributed by atoms with van der Waals surface area (Å²) in [6.45, 7) is 2.62. The maximum absolute atomic E-state index is 12.8.